The number of aromatic nitrogens is 2. The van der Waals surface area contributed by atoms with Crippen molar-refractivity contribution in [3.63, 3.8) is 0 Å². The van der Waals surface area contributed by atoms with Crippen LogP contribution >= 0.6 is 0 Å². The molecule has 2 aromatic heterocycles. The minimum Gasteiger partial charge on any atom is -0.494 e. The molecule has 0 unspecified atom stereocenters. The Morgan fingerprint density at radius 1 is 1.00 bits per heavy atom. The molecule has 32 heavy (non-hydrogen) atoms. The van der Waals surface area contributed by atoms with Gasteiger partial charge in [-0.25, -0.2) is 4.98 Å². The van der Waals surface area contributed by atoms with E-state index in [1.165, 1.54) is 25.4 Å². The summed E-state index contributed by atoms with van der Waals surface area (Å²) in [6.07, 6.45) is -0.418. The van der Waals surface area contributed by atoms with Crippen molar-refractivity contribution in [2.24, 2.45) is 0 Å². The van der Waals surface area contributed by atoms with Gasteiger partial charge >= 0.3 is 6.18 Å². The van der Waals surface area contributed by atoms with Gasteiger partial charge in [-0.15, -0.1) is 0 Å². The molecule has 11 heteroatoms. The molecular weight excluding hydrogens is 429 g/mol. The van der Waals surface area contributed by atoms with Crippen molar-refractivity contribution < 1.29 is 32.2 Å². The average Bonchev–Trinajstić information content (AvgIpc) is 2.79. The van der Waals surface area contributed by atoms with Crippen LogP contribution in [0.4, 0.5) is 24.5 Å². The minimum atomic E-state index is -4.49. The molecule has 2 N–H and O–H groups in total. The number of nitrogens with zero attached hydrogens (tertiary/aromatic N) is 2. The van der Waals surface area contributed by atoms with Crippen molar-refractivity contribution in [3.8, 4) is 11.6 Å². The summed E-state index contributed by atoms with van der Waals surface area (Å²) < 4.78 is 46.3. The molecule has 3 aromatic rings. The number of hydrogen-bond acceptors (Lipinski definition) is 6. The van der Waals surface area contributed by atoms with Gasteiger partial charge in [0.1, 0.15) is 5.75 Å². The monoisotopic (exact) mass is 446 g/mol. The molecule has 1 aromatic carbocycles. The second kappa shape index (κ2) is 9.77. The summed E-state index contributed by atoms with van der Waals surface area (Å²) in [5, 5.41) is 5.32. The Balaban J connectivity index is 1.65. The van der Waals surface area contributed by atoms with Crippen molar-refractivity contribution in [1.29, 1.82) is 0 Å². The quantitative estimate of drug-likeness (QED) is 0.570. The van der Waals surface area contributed by atoms with E-state index in [-0.39, 0.29) is 17.4 Å². The third kappa shape index (κ3) is 6.17. The first kappa shape index (κ1) is 22.5. The van der Waals surface area contributed by atoms with Crippen molar-refractivity contribution in [3.05, 3.63) is 72.2 Å². The van der Waals surface area contributed by atoms with E-state index in [0.717, 1.165) is 12.3 Å². The van der Waals surface area contributed by atoms with Crippen molar-refractivity contribution in [2.75, 3.05) is 24.4 Å². The predicted octanol–water partition coefficient (Wildman–Crippen LogP) is 3.93. The van der Waals surface area contributed by atoms with Gasteiger partial charge in [-0.1, -0.05) is 0 Å². The second-order valence-electron chi connectivity index (χ2n) is 6.35. The fraction of sp³-hybridized carbons (Fsp3) is 0.143. The molecule has 2 heterocycles. The Morgan fingerprint density at radius 2 is 1.75 bits per heavy atom. The lowest BCUT2D eigenvalue weighted by molar-refractivity contribution is -0.154. The lowest BCUT2D eigenvalue weighted by Crippen LogP contribution is -2.19. The Kier molecular flexibility index (Phi) is 6.88. The van der Waals surface area contributed by atoms with Crippen LogP contribution in [0.2, 0.25) is 0 Å². The zero-order chi connectivity index (χ0) is 23.1. The number of alkyl halides is 3. The Hall–Kier alpha value is -4.15. The largest absolute Gasteiger partial charge is 0.494 e. The van der Waals surface area contributed by atoms with Gasteiger partial charge in [0.25, 0.3) is 11.8 Å². The number of anilines is 2. The zero-order valence-corrected chi connectivity index (χ0v) is 16.6. The number of carbonyl (C=O) groups is 2. The highest BCUT2D eigenvalue weighted by Gasteiger charge is 2.28. The van der Waals surface area contributed by atoms with Crippen molar-refractivity contribution >= 4 is 23.2 Å². The standard InChI is InChI=1S/C21H17F3N4O4/c1-31-17-9-15(5-6-16(17)28-20(30)13-3-2-8-25-10-13)27-19(29)14-4-7-18(26-11-14)32-12-21(22,23)24/h2-11H,12H2,1H3,(H,27,29)(H,28,30). The molecule has 0 spiro atoms. The maximum absolute atomic E-state index is 12.4. The number of hydrogen-bond donors (Lipinski definition) is 2. The maximum Gasteiger partial charge on any atom is 0.422 e. The minimum absolute atomic E-state index is 0.109. The van der Waals surface area contributed by atoms with Crippen LogP contribution < -0.4 is 20.1 Å². The molecule has 0 aliphatic rings. The van der Waals surface area contributed by atoms with E-state index in [9.17, 15) is 22.8 Å². The first-order chi connectivity index (χ1) is 15.2. The summed E-state index contributed by atoms with van der Waals surface area (Å²) in [7, 11) is 1.41. The molecule has 8 nitrogen and oxygen atoms in total. The lowest BCUT2D eigenvalue weighted by atomic mass is 10.2. The number of amides is 2. The highest BCUT2D eigenvalue weighted by Crippen LogP contribution is 2.28. The number of ether oxygens (including phenoxy) is 2. The molecule has 0 atom stereocenters. The van der Waals surface area contributed by atoms with Crippen LogP contribution in [0, 0.1) is 0 Å². The van der Waals surface area contributed by atoms with Crippen LogP contribution in [0.3, 0.4) is 0 Å². The first-order valence-electron chi connectivity index (χ1n) is 9.11. The van der Waals surface area contributed by atoms with Crippen LogP contribution in [-0.2, 0) is 0 Å². The summed E-state index contributed by atoms with van der Waals surface area (Å²) in [5.74, 6) is -0.885. The number of benzene rings is 1. The number of halogens is 3. The SMILES string of the molecule is COc1cc(NC(=O)c2ccc(OCC(F)(F)F)nc2)ccc1NC(=O)c1cccnc1. The van der Waals surface area contributed by atoms with E-state index >= 15 is 0 Å². The van der Waals surface area contributed by atoms with Gasteiger partial charge in [0.05, 0.1) is 23.9 Å². The second-order valence-corrected chi connectivity index (χ2v) is 6.35. The Bertz CT molecular complexity index is 1090. The average molecular weight is 446 g/mol. The number of methoxy groups -OCH3 is 1. The van der Waals surface area contributed by atoms with Crippen LogP contribution in [0.5, 0.6) is 11.6 Å². The fourth-order valence-corrected chi connectivity index (χ4v) is 2.52. The highest BCUT2D eigenvalue weighted by atomic mass is 19.4. The number of carbonyl (C=O) groups excluding carboxylic acids is 2. The summed E-state index contributed by atoms with van der Waals surface area (Å²) in [4.78, 5) is 32.3. The van der Waals surface area contributed by atoms with Gasteiger partial charge in [-0.05, 0) is 30.3 Å². The molecular formula is C21H17F3N4O4. The topological polar surface area (TPSA) is 102 Å². The Morgan fingerprint density at radius 3 is 2.38 bits per heavy atom. The van der Waals surface area contributed by atoms with Crippen LogP contribution in [0.1, 0.15) is 20.7 Å². The smallest absolute Gasteiger partial charge is 0.422 e. The predicted molar refractivity (Wildman–Crippen MR) is 109 cm³/mol. The summed E-state index contributed by atoms with van der Waals surface area (Å²) in [6, 6.07) is 10.3. The van der Waals surface area contributed by atoms with Gasteiger partial charge in [0, 0.05) is 36.4 Å². The summed E-state index contributed by atoms with van der Waals surface area (Å²) >= 11 is 0. The van der Waals surface area contributed by atoms with Crippen LogP contribution in [-0.4, -0.2) is 41.7 Å². The lowest BCUT2D eigenvalue weighted by Gasteiger charge is -2.13. The molecule has 0 saturated heterocycles. The zero-order valence-electron chi connectivity index (χ0n) is 16.6. The number of rotatable bonds is 7. The van der Waals surface area contributed by atoms with Gasteiger partial charge in [0.15, 0.2) is 6.61 Å². The van der Waals surface area contributed by atoms with E-state index in [2.05, 4.69) is 25.3 Å². The van der Waals surface area contributed by atoms with E-state index in [0.29, 0.717) is 22.7 Å². The van der Waals surface area contributed by atoms with E-state index < -0.39 is 18.7 Å². The summed E-state index contributed by atoms with van der Waals surface area (Å²) in [6.45, 7) is -1.48. The van der Waals surface area contributed by atoms with Crippen molar-refractivity contribution in [2.45, 2.75) is 6.18 Å². The van der Waals surface area contributed by atoms with Gasteiger partial charge in [-0.3, -0.25) is 14.6 Å². The summed E-state index contributed by atoms with van der Waals surface area (Å²) in [5.41, 5.74) is 1.22. The maximum atomic E-state index is 12.4. The molecule has 166 valence electrons. The molecule has 2 amide bonds. The number of nitrogens with one attached hydrogen (secondary N) is 2. The fourth-order valence-electron chi connectivity index (χ4n) is 2.52. The van der Waals surface area contributed by atoms with E-state index in [1.807, 2.05) is 0 Å². The van der Waals surface area contributed by atoms with Gasteiger partial charge in [-0.2, -0.15) is 13.2 Å². The normalized spacial score (nSPS) is 10.9. The molecule has 0 aliphatic carbocycles. The molecule has 0 saturated carbocycles. The first-order valence-corrected chi connectivity index (χ1v) is 9.11. The molecule has 3 rings (SSSR count). The molecule has 0 fully saturated rings. The number of pyridine rings is 2. The molecule has 0 aliphatic heterocycles. The third-order valence-electron chi connectivity index (χ3n) is 4.01. The third-order valence-corrected chi connectivity index (χ3v) is 4.01. The molecule has 0 radical (unpaired) electrons. The van der Waals surface area contributed by atoms with E-state index in [1.54, 1.807) is 30.5 Å². The van der Waals surface area contributed by atoms with Gasteiger partial charge < -0.3 is 20.1 Å². The van der Waals surface area contributed by atoms with Crippen LogP contribution in [0.15, 0.2) is 61.1 Å². The van der Waals surface area contributed by atoms with Gasteiger partial charge in [0.2, 0.25) is 5.88 Å². The Labute approximate surface area is 180 Å². The molecule has 0 bridgehead atoms. The van der Waals surface area contributed by atoms with Crippen LogP contribution in [0.25, 0.3) is 0 Å². The van der Waals surface area contributed by atoms with Crippen molar-refractivity contribution in [1.82, 2.24) is 9.97 Å². The highest BCUT2D eigenvalue weighted by molar-refractivity contribution is 6.06. The van der Waals surface area contributed by atoms with E-state index in [4.69, 9.17) is 4.74 Å².